The van der Waals surface area contributed by atoms with Crippen LogP contribution in [0.2, 0.25) is 0 Å². The van der Waals surface area contributed by atoms with Crippen molar-refractivity contribution in [1.82, 2.24) is 5.32 Å². The Balaban J connectivity index is 0.00000123. The van der Waals surface area contributed by atoms with Crippen LogP contribution in [-0.4, -0.2) is 25.7 Å². The Bertz CT molecular complexity index is 1220. The molecule has 3 nitrogen and oxygen atoms in total. The molecule has 0 saturated carbocycles. The third kappa shape index (κ3) is 4.24. The Labute approximate surface area is 224 Å². The second-order valence-electron chi connectivity index (χ2n) is 11.2. The smallest absolute Gasteiger partial charge is 0.140 e. The summed E-state index contributed by atoms with van der Waals surface area (Å²) in [5, 5.41) is 3.87. The number of hydrogen-bond donors (Lipinski definition) is 1. The van der Waals surface area contributed by atoms with Gasteiger partial charge in [0, 0.05) is 35.5 Å². The summed E-state index contributed by atoms with van der Waals surface area (Å²) in [5.41, 5.74) is 13.3. The minimum atomic E-state index is 0.363. The Morgan fingerprint density at radius 1 is 1.05 bits per heavy atom. The summed E-state index contributed by atoms with van der Waals surface area (Å²) in [7, 11) is 0. The number of fused-ring (bicyclic) bond motifs is 4. The molecule has 37 heavy (non-hydrogen) atoms. The normalized spacial score (nSPS) is 23.5. The van der Waals surface area contributed by atoms with Gasteiger partial charge in [-0.2, -0.15) is 0 Å². The zero-order valence-electron chi connectivity index (χ0n) is 23.2. The summed E-state index contributed by atoms with van der Waals surface area (Å²) >= 11 is 0. The molecule has 1 fully saturated rings. The molecule has 196 valence electrons. The lowest BCUT2D eigenvalue weighted by molar-refractivity contribution is 0.394. The maximum atomic E-state index is 7.15. The van der Waals surface area contributed by atoms with Crippen molar-refractivity contribution in [3.05, 3.63) is 75.1 Å². The molecule has 4 aliphatic heterocycles. The maximum absolute atomic E-state index is 7.15. The number of benzene rings is 1. The van der Waals surface area contributed by atoms with Crippen LogP contribution in [0.3, 0.4) is 0 Å². The number of unbranched alkanes of at least 4 members (excludes halogenated alkanes) is 1. The van der Waals surface area contributed by atoms with Crippen molar-refractivity contribution >= 4 is 11.3 Å². The average molecular weight is 497 g/mol. The number of allylic oxidation sites excluding steroid dienone is 6. The van der Waals surface area contributed by atoms with Gasteiger partial charge in [-0.05, 0) is 111 Å². The van der Waals surface area contributed by atoms with E-state index < -0.39 is 0 Å². The molecule has 1 N–H and O–H groups in total. The highest BCUT2D eigenvalue weighted by Gasteiger charge is 2.39. The summed E-state index contributed by atoms with van der Waals surface area (Å²) < 4.78 is 7.15. The number of nitrogens with zero attached hydrogens (tertiary/aromatic N) is 1. The van der Waals surface area contributed by atoms with Crippen LogP contribution in [0.25, 0.3) is 5.57 Å². The van der Waals surface area contributed by atoms with Crippen molar-refractivity contribution < 1.29 is 4.74 Å². The van der Waals surface area contributed by atoms with Gasteiger partial charge in [-0.25, -0.2) is 0 Å². The molecule has 4 heterocycles. The van der Waals surface area contributed by atoms with Gasteiger partial charge in [0.2, 0.25) is 0 Å². The third-order valence-corrected chi connectivity index (χ3v) is 8.93. The van der Waals surface area contributed by atoms with Crippen LogP contribution in [0.1, 0.15) is 95.2 Å². The standard InChI is InChI=1S/C32H38N2O.C2H6/c1-2-3-14-24-29-22(12-7-16-33-29)19-26-28(21-10-5-4-6-11-21)27-20-23-13-8-17-34-18-9-15-25(30(23)34)32(27)35-31(24)26;1-2/h4-5,10,19-20,29,33H,2-3,6-9,11-18H2,1H3;1-2H3. The highest BCUT2D eigenvalue weighted by Crippen LogP contribution is 2.53. The highest BCUT2D eigenvalue weighted by atomic mass is 16.5. The Hall–Kier alpha value is -2.52. The number of hydrogen-bond acceptors (Lipinski definition) is 3. The van der Waals surface area contributed by atoms with Gasteiger partial charge in [0.05, 0.1) is 6.04 Å². The molecule has 1 aromatic rings. The molecule has 1 unspecified atom stereocenters. The summed E-state index contributed by atoms with van der Waals surface area (Å²) in [6.07, 6.45) is 22.6. The van der Waals surface area contributed by atoms with Gasteiger partial charge in [0.1, 0.15) is 11.5 Å². The zero-order valence-corrected chi connectivity index (χ0v) is 23.2. The fourth-order valence-electron chi connectivity index (χ4n) is 7.34. The van der Waals surface area contributed by atoms with Crippen molar-refractivity contribution in [1.29, 1.82) is 0 Å². The molecule has 1 saturated heterocycles. The van der Waals surface area contributed by atoms with Gasteiger partial charge in [0.15, 0.2) is 0 Å². The largest absolute Gasteiger partial charge is 0.456 e. The minimum absolute atomic E-state index is 0.363. The number of ether oxygens (including phenoxy) is 1. The lowest BCUT2D eigenvalue weighted by atomic mass is 9.75. The average Bonchev–Trinajstić information content (AvgIpc) is 2.96. The van der Waals surface area contributed by atoms with Crippen LogP contribution in [-0.2, 0) is 12.8 Å². The quantitative estimate of drug-likeness (QED) is 0.457. The second-order valence-corrected chi connectivity index (χ2v) is 11.2. The van der Waals surface area contributed by atoms with Crippen molar-refractivity contribution in [3.63, 3.8) is 0 Å². The molecule has 6 aliphatic rings. The van der Waals surface area contributed by atoms with Crippen LogP contribution in [0.5, 0.6) is 5.75 Å². The van der Waals surface area contributed by atoms with Gasteiger partial charge in [-0.15, -0.1) is 0 Å². The minimum Gasteiger partial charge on any atom is -0.456 e. The maximum Gasteiger partial charge on any atom is 0.140 e. The van der Waals surface area contributed by atoms with E-state index in [2.05, 4.69) is 47.5 Å². The van der Waals surface area contributed by atoms with Gasteiger partial charge < -0.3 is 15.0 Å². The molecule has 3 heteroatoms. The van der Waals surface area contributed by atoms with E-state index in [1.165, 1.54) is 109 Å². The van der Waals surface area contributed by atoms with Crippen molar-refractivity contribution in [2.45, 2.75) is 97.4 Å². The molecule has 0 radical (unpaired) electrons. The van der Waals surface area contributed by atoms with E-state index in [9.17, 15) is 0 Å². The molecule has 1 atom stereocenters. The van der Waals surface area contributed by atoms with Crippen LogP contribution in [0, 0.1) is 0 Å². The molecular formula is C34H44N2O. The van der Waals surface area contributed by atoms with Crippen LogP contribution >= 0.6 is 0 Å². The lowest BCUT2D eigenvalue weighted by Crippen LogP contribution is -2.41. The van der Waals surface area contributed by atoms with E-state index >= 15 is 0 Å². The van der Waals surface area contributed by atoms with E-state index in [0.29, 0.717) is 6.04 Å². The number of rotatable bonds is 4. The summed E-state index contributed by atoms with van der Waals surface area (Å²) in [6, 6.07) is 2.89. The number of nitrogens with one attached hydrogen (secondary N) is 1. The number of anilines is 1. The Kier molecular flexibility index (Phi) is 7.16. The summed E-state index contributed by atoms with van der Waals surface area (Å²) in [4.78, 5) is 2.65. The zero-order chi connectivity index (χ0) is 25.4. The highest BCUT2D eigenvalue weighted by molar-refractivity contribution is 5.93. The van der Waals surface area contributed by atoms with E-state index in [0.717, 1.165) is 32.2 Å². The SMILES string of the molecule is CC.CCCCC1=C2Oc3c(cc4c5c3CCCN5CCC4)C(C3=CC=CCC3)=C2C=C2CCCNC21. The fraction of sp³-hybridized carbons (Fsp3) is 0.529. The third-order valence-electron chi connectivity index (χ3n) is 8.93. The topological polar surface area (TPSA) is 24.5 Å². The first-order valence-corrected chi connectivity index (χ1v) is 15.2. The van der Waals surface area contributed by atoms with Crippen LogP contribution < -0.4 is 15.0 Å². The predicted molar refractivity (Wildman–Crippen MR) is 156 cm³/mol. The van der Waals surface area contributed by atoms with Gasteiger partial charge in [0.25, 0.3) is 0 Å². The first kappa shape index (κ1) is 24.8. The second kappa shape index (κ2) is 10.7. The molecule has 1 aromatic carbocycles. The molecule has 7 rings (SSSR count). The van der Waals surface area contributed by atoms with Crippen LogP contribution in [0.15, 0.2) is 58.4 Å². The summed E-state index contributed by atoms with van der Waals surface area (Å²) in [6.45, 7) is 9.82. The molecule has 0 amide bonds. The van der Waals surface area contributed by atoms with E-state index in [1.807, 2.05) is 13.8 Å². The van der Waals surface area contributed by atoms with Crippen molar-refractivity contribution in [3.8, 4) is 5.75 Å². The first-order chi connectivity index (χ1) is 18.3. The van der Waals surface area contributed by atoms with Crippen molar-refractivity contribution in [2.75, 3.05) is 24.5 Å². The van der Waals surface area contributed by atoms with E-state index in [-0.39, 0.29) is 0 Å². The molecule has 2 aliphatic carbocycles. The Morgan fingerprint density at radius 3 is 2.73 bits per heavy atom. The lowest BCUT2D eigenvalue weighted by Gasteiger charge is -2.42. The molecule has 0 spiro atoms. The van der Waals surface area contributed by atoms with Gasteiger partial charge in [-0.1, -0.05) is 45.4 Å². The van der Waals surface area contributed by atoms with E-state index in [1.54, 1.807) is 11.1 Å². The van der Waals surface area contributed by atoms with Gasteiger partial charge >= 0.3 is 0 Å². The molecule has 0 bridgehead atoms. The monoisotopic (exact) mass is 496 g/mol. The van der Waals surface area contributed by atoms with E-state index in [4.69, 9.17) is 4.74 Å². The van der Waals surface area contributed by atoms with Gasteiger partial charge in [-0.3, -0.25) is 0 Å². The number of piperidine rings is 1. The molecule has 0 aromatic heterocycles. The van der Waals surface area contributed by atoms with Crippen molar-refractivity contribution in [2.24, 2.45) is 0 Å². The Morgan fingerprint density at radius 2 is 1.92 bits per heavy atom. The van der Waals surface area contributed by atoms with Crippen LogP contribution in [0.4, 0.5) is 5.69 Å². The summed E-state index contributed by atoms with van der Waals surface area (Å²) in [5.74, 6) is 2.37. The number of aryl methyl sites for hydroxylation is 1. The first-order valence-electron chi connectivity index (χ1n) is 15.2. The molecular weight excluding hydrogens is 452 g/mol. The fourth-order valence-corrected chi connectivity index (χ4v) is 7.34. The predicted octanol–water partition coefficient (Wildman–Crippen LogP) is 7.97.